The maximum atomic E-state index is 13.2. The number of rotatable bonds is 9. The first-order valence-corrected chi connectivity index (χ1v) is 12.4. The molecule has 0 saturated carbocycles. The predicted octanol–water partition coefficient (Wildman–Crippen LogP) is 4.88. The Bertz CT molecular complexity index is 1550. The van der Waals surface area contributed by atoms with Gasteiger partial charge in [0, 0.05) is 43.7 Å². The van der Waals surface area contributed by atoms with Crippen LogP contribution in [0.1, 0.15) is 34.7 Å². The molecule has 8 nitrogen and oxygen atoms in total. The van der Waals surface area contributed by atoms with Gasteiger partial charge in [0.1, 0.15) is 6.61 Å². The Morgan fingerprint density at radius 1 is 0.974 bits per heavy atom. The highest BCUT2D eigenvalue weighted by molar-refractivity contribution is 5.77. The Labute approximate surface area is 219 Å². The third-order valence-electron chi connectivity index (χ3n) is 6.55. The zero-order valence-electron chi connectivity index (χ0n) is 20.6. The normalized spacial score (nSPS) is 12.8. The van der Waals surface area contributed by atoms with E-state index in [9.17, 15) is 4.79 Å². The number of benzene rings is 2. The lowest BCUT2D eigenvalue weighted by atomic mass is 9.92. The van der Waals surface area contributed by atoms with Crippen molar-refractivity contribution < 1.29 is 19.0 Å². The molecule has 1 N–H and O–H groups in total. The van der Waals surface area contributed by atoms with Crippen LogP contribution in [0, 0.1) is 0 Å². The first kappa shape index (κ1) is 23.5. The Morgan fingerprint density at radius 3 is 2.68 bits per heavy atom. The van der Waals surface area contributed by atoms with Crippen molar-refractivity contribution in [2.75, 3.05) is 6.79 Å². The van der Waals surface area contributed by atoms with Crippen molar-refractivity contribution in [1.29, 1.82) is 0 Å². The van der Waals surface area contributed by atoms with Crippen molar-refractivity contribution in [3.8, 4) is 17.2 Å². The van der Waals surface area contributed by atoms with Gasteiger partial charge in [0.2, 0.25) is 12.7 Å². The largest absolute Gasteiger partial charge is 0.485 e. The fourth-order valence-electron chi connectivity index (χ4n) is 4.59. The van der Waals surface area contributed by atoms with E-state index < -0.39 is 0 Å². The second-order valence-corrected chi connectivity index (χ2v) is 9.02. The summed E-state index contributed by atoms with van der Waals surface area (Å²) in [6, 6.07) is 23.4. The van der Waals surface area contributed by atoms with E-state index in [0.717, 1.165) is 22.4 Å². The lowest BCUT2D eigenvalue weighted by Gasteiger charge is -2.18. The van der Waals surface area contributed by atoms with Crippen LogP contribution >= 0.6 is 0 Å². The van der Waals surface area contributed by atoms with Crippen molar-refractivity contribution in [3.63, 3.8) is 0 Å². The first-order valence-electron chi connectivity index (χ1n) is 12.4. The zero-order chi connectivity index (χ0) is 25.7. The number of hydrogen-bond donors (Lipinski definition) is 1. The average molecular weight is 507 g/mol. The molecular formula is C30H26N4O4. The van der Waals surface area contributed by atoms with Crippen molar-refractivity contribution in [2.24, 2.45) is 0 Å². The van der Waals surface area contributed by atoms with Crippen LogP contribution in [0.25, 0.3) is 5.65 Å². The molecule has 1 atom stereocenters. The molecular weight excluding hydrogens is 480 g/mol. The summed E-state index contributed by atoms with van der Waals surface area (Å²) in [5.41, 5.74) is 4.57. The summed E-state index contributed by atoms with van der Waals surface area (Å²) >= 11 is 0. The topological polar surface area (TPSA) is 87.0 Å². The number of aromatic nitrogens is 3. The summed E-state index contributed by atoms with van der Waals surface area (Å²) < 4.78 is 19.2. The summed E-state index contributed by atoms with van der Waals surface area (Å²) in [6.07, 6.45) is 7.42. The van der Waals surface area contributed by atoms with Crippen LogP contribution in [0.5, 0.6) is 17.2 Å². The number of amides is 1. The van der Waals surface area contributed by atoms with Gasteiger partial charge in [-0.3, -0.25) is 9.78 Å². The van der Waals surface area contributed by atoms with E-state index in [1.165, 1.54) is 0 Å². The fraction of sp³-hybridized carbons (Fsp3) is 0.167. The van der Waals surface area contributed by atoms with Crippen molar-refractivity contribution in [2.45, 2.75) is 25.5 Å². The van der Waals surface area contributed by atoms with Gasteiger partial charge < -0.3 is 23.9 Å². The summed E-state index contributed by atoms with van der Waals surface area (Å²) in [6.45, 7) is 1.05. The van der Waals surface area contributed by atoms with Crippen LogP contribution in [0.2, 0.25) is 0 Å². The second-order valence-electron chi connectivity index (χ2n) is 9.02. The average Bonchev–Trinajstić information content (AvgIpc) is 3.62. The third kappa shape index (κ3) is 5.01. The smallest absolute Gasteiger partial charge is 0.231 e. The number of carbonyl (C=O) groups excluding carboxylic acids is 1. The van der Waals surface area contributed by atoms with Gasteiger partial charge in [0.15, 0.2) is 22.9 Å². The number of nitrogens with one attached hydrogen (secondary N) is 1. The van der Waals surface area contributed by atoms with Crippen LogP contribution in [0.15, 0.2) is 97.6 Å². The first-order chi connectivity index (χ1) is 18.7. The highest BCUT2D eigenvalue weighted by Crippen LogP contribution is 2.38. The molecule has 0 aliphatic carbocycles. The Balaban J connectivity index is 1.30. The Hall–Kier alpha value is -4.85. The standard InChI is InChI=1S/C30H26N4O4/c35-29(32-17-21-10-12-31-13-11-21)16-24(23-8-9-26-28(15-23)38-20-37-26)25-18-33-30-27(7-4-14-34(25)30)36-19-22-5-2-1-3-6-22/h1-15,18,24H,16-17,19-20H2,(H,32,35). The number of pyridine rings is 2. The van der Waals surface area contributed by atoms with Gasteiger partial charge in [-0.2, -0.15) is 0 Å². The van der Waals surface area contributed by atoms with Crippen molar-refractivity contribution in [1.82, 2.24) is 19.7 Å². The molecule has 38 heavy (non-hydrogen) atoms. The molecule has 3 aromatic heterocycles. The molecule has 1 aliphatic rings. The highest BCUT2D eigenvalue weighted by Gasteiger charge is 2.25. The van der Waals surface area contributed by atoms with E-state index in [1.54, 1.807) is 12.4 Å². The third-order valence-corrected chi connectivity index (χ3v) is 6.55. The maximum absolute atomic E-state index is 13.2. The number of nitrogens with zero attached hydrogens (tertiary/aromatic N) is 3. The SMILES string of the molecule is O=C(CC(c1ccc2c(c1)OCO2)c1cnc2c(OCc3ccccc3)cccn12)NCc1ccncc1. The van der Waals surface area contributed by atoms with E-state index in [0.29, 0.717) is 36.0 Å². The van der Waals surface area contributed by atoms with Crippen molar-refractivity contribution in [3.05, 3.63) is 120 Å². The van der Waals surface area contributed by atoms with Crippen LogP contribution in [0.4, 0.5) is 0 Å². The highest BCUT2D eigenvalue weighted by atomic mass is 16.7. The van der Waals surface area contributed by atoms with Crippen LogP contribution in [0.3, 0.4) is 0 Å². The summed E-state index contributed by atoms with van der Waals surface area (Å²) in [7, 11) is 0. The van der Waals surface area contributed by atoms with E-state index in [4.69, 9.17) is 19.2 Å². The minimum absolute atomic E-state index is 0.0732. The molecule has 1 aliphatic heterocycles. The van der Waals surface area contributed by atoms with E-state index in [2.05, 4.69) is 10.3 Å². The number of imidazole rings is 1. The molecule has 0 bridgehead atoms. The Morgan fingerprint density at radius 2 is 1.82 bits per heavy atom. The molecule has 5 aromatic rings. The number of ether oxygens (including phenoxy) is 3. The zero-order valence-corrected chi connectivity index (χ0v) is 20.6. The molecule has 1 unspecified atom stereocenters. The van der Waals surface area contributed by atoms with E-state index >= 15 is 0 Å². The molecule has 2 aromatic carbocycles. The van der Waals surface area contributed by atoms with Gasteiger partial charge in [-0.15, -0.1) is 0 Å². The minimum atomic E-state index is -0.277. The molecule has 1 amide bonds. The number of carbonyl (C=O) groups is 1. The molecule has 0 saturated heterocycles. The molecule has 0 spiro atoms. The predicted molar refractivity (Wildman–Crippen MR) is 141 cm³/mol. The van der Waals surface area contributed by atoms with Gasteiger partial charge in [-0.25, -0.2) is 4.98 Å². The van der Waals surface area contributed by atoms with Gasteiger partial charge in [-0.05, 0) is 53.1 Å². The second kappa shape index (κ2) is 10.6. The minimum Gasteiger partial charge on any atom is -0.485 e. The molecule has 0 fully saturated rings. The molecule has 190 valence electrons. The number of hydrogen-bond acceptors (Lipinski definition) is 6. The summed E-state index contributed by atoms with van der Waals surface area (Å²) in [5.74, 6) is 1.70. The van der Waals surface area contributed by atoms with Crippen molar-refractivity contribution >= 4 is 11.6 Å². The fourth-order valence-corrected chi connectivity index (χ4v) is 4.59. The Kier molecular flexibility index (Phi) is 6.59. The molecule has 4 heterocycles. The number of fused-ring (bicyclic) bond motifs is 2. The lowest BCUT2D eigenvalue weighted by molar-refractivity contribution is -0.121. The molecule has 0 radical (unpaired) electrons. The van der Waals surface area contributed by atoms with Gasteiger partial charge >= 0.3 is 0 Å². The van der Waals surface area contributed by atoms with Gasteiger partial charge in [-0.1, -0.05) is 36.4 Å². The molecule has 6 rings (SSSR count). The van der Waals surface area contributed by atoms with E-state index in [-0.39, 0.29) is 25.0 Å². The quantitative estimate of drug-likeness (QED) is 0.307. The maximum Gasteiger partial charge on any atom is 0.231 e. The van der Waals surface area contributed by atoms with Gasteiger partial charge in [0.05, 0.1) is 5.69 Å². The van der Waals surface area contributed by atoms with Crippen LogP contribution in [-0.2, 0) is 17.9 Å². The summed E-state index contributed by atoms with van der Waals surface area (Å²) in [4.78, 5) is 21.9. The molecule has 8 heteroatoms. The summed E-state index contributed by atoms with van der Waals surface area (Å²) in [5, 5.41) is 3.03. The van der Waals surface area contributed by atoms with Gasteiger partial charge in [0.25, 0.3) is 0 Å². The lowest BCUT2D eigenvalue weighted by Crippen LogP contribution is -2.25. The van der Waals surface area contributed by atoms with Crippen LogP contribution in [-0.4, -0.2) is 27.1 Å². The van der Waals surface area contributed by atoms with Crippen LogP contribution < -0.4 is 19.5 Å². The van der Waals surface area contributed by atoms with E-state index in [1.807, 2.05) is 89.6 Å². The monoisotopic (exact) mass is 506 g/mol.